The largest absolute Gasteiger partial charge is 0.350 e. The smallest absolute Gasteiger partial charge is 0.274 e. The fraction of sp³-hybridized carbons (Fsp3) is 0.318. The maximum absolute atomic E-state index is 12.3. The Balaban J connectivity index is 1.35. The van der Waals surface area contributed by atoms with Crippen LogP contribution >= 0.6 is 0 Å². The number of nitrogens with zero attached hydrogens (tertiary/aromatic N) is 8. The van der Waals surface area contributed by atoms with Crippen molar-refractivity contribution in [3.05, 3.63) is 70.0 Å². The summed E-state index contributed by atoms with van der Waals surface area (Å²) in [7, 11) is 0. The summed E-state index contributed by atoms with van der Waals surface area (Å²) in [6, 6.07) is 7.73. The summed E-state index contributed by atoms with van der Waals surface area (Å²) in [5.74, 6) is 1.89. The Morgan fingerprint density at radius 3 is 2.90 bits per heavy atom. The van der Waals surface area contributed by atoms with Crippen LogP contribution in [0.4, 0.5) is 17.3 Å². The molecule has 6 rings (SSSR count). The Hall–Kier alpha value is -3.75. The van der Waals surface area contributed by atoms with E-state index in [0.29, 0.717) is 12.2 Å². The predicted octanol–water partition coefficient (Wildman–Crippen LogP) is 2.09. The van der Waals surface area contributed by atoms with Crippen molar-refractivity contribution in [1.82, 2.24) is 29.4 Å². The van der Waals surface area contributed by atoms with Crippen molar-refractivity contribution >= 4 is 23.0 Å². The Morgan fingerprint density at radius 2 is 1.97 bits per heavy atom. The van der Waals surface area contributed by atoms with Crippen molar-refractivity contribution in [3.63, 3.8) is 0 Å². The lowest BCUT2D eigenvalue weighted by Crippen LogP contribution is -2.33. The van der Waals surface area contributed by atoms with Gasteiger partial charge < -0.3 is 9.80 Å². The molecule has 0 saturated carbocycles. The van der Waals surface area contributed by atoms with Crippen LogP contribution in [0.3, 0.4) is 0 Å². The second-order valence-corrected chi connectivity index (χ2v) is 8.09. The molecule has 6 heterocycles. The minimum absolute atomic E-state index is 0.168. The summed E-state index contributed by atoms with van der Waals surface area (Å²) in [5, 5.41) is 9.01. The van der Waals surface area contributed by atoms with Crippen LogP contribution in [0.1, 0.15) is 23.2 Å². The number of hydrogen-bond donors (Lipinski definition) is 0. The van der Waals surface area contributed by atoms with Crippen molar-refractivity contribution < 1.29 is 0 Å². The molecule has 0 bridgehead atoms. The lowest BCUT2D eigenvalue weighted by molar-refractivity contribution is 0.541. The zero-order valence-electron chi connectivity index (χ0n) is 17.3. The SMILES string of the molecule is Cc1cc(N2CCc3ncc(N4CCCn5nccc54)cc3C2)nn2c(=O)ccnc12. The number of anilines is 3. The summed E-state index contributed by atoms with van der Waals surface area (Å²) in [5.41, 5.74) is 4.77. The first-order valence-electron chi connectivity index (χ1n) is 10.6. The molecule has 9 heteroatoms. The number of rotatable bonds is 2. The van der Waals surface area contributed by atoms with Crippen LogP contribution in [-0.2, 0) is 19.5 Å². The third-order valence-electron chi connectivity index (χ3n) is 6.11. The van der Waals surface area contributed by atoms with Gasteiger partial charge in [0.05, 0.1) is 18.1 Å². The van der Waals surface area contributed by atoms with Gasteiger partial charge in [0.2, 0.25) is 0 Å². The van der Waals surface area contributed by atoms with Crippen LogP contribution in [0.2, 0.25) is 0 Å². The van der Waals surface area contributed by atoms with E-state index in [4.69, 9.17) is 4.98 Å². The Morgan fingerprint density at radius 1 is 1.03 bits per heavy atom. The van der Waals surface area contributed by atoms with E-state index >= 15 is 0 Å². The van der Waals surface area contributed by atoms with Crippen LogP contribution in [0.5, 0.6) is 0 Å². The van der Waals surface area contributed by atoms with Gasteiger partial charge in [0.25, 0.3) is 5.56 Å². The lowest BCUT2D eigenvalue weighted by atomic mass is 10.0. The first-order valence-corrected chi connectivity index (χ1v) is 10.6. The molecule has 4 aromatic heterocycles. The van der Waals surface area contributed by atoms with Gasteiger partial charge in [0.15, 0.2) is 5.65 Å². The van der Waals surface area contributed by atoms with E-state index in [-0.39, 0.29) is 5.56 Å². The van der Waals surface area contributed by atoms with Crippen molar-refractivity contribution in [1.29, 1.82) is 0 Å². The molecule has 0 aliphatic carbocycles. The van der Waals surface area contributed by atoms with Crippen molar-refractivity contribution in [2.45, 2.75) is 32.9 Å². The number of aromatic nitrogens is 6. The van der Waals surface area contributed by atoms with Crippen molar-refractivity contribution in [3.8, 4) is 0 Å². The molecule has 0 radical (unpaired) electrons. The summed E-state index contributed by atoms with van der Waals surface area (Å²) in [4.78, 5) is 25.9. The monoisotopic (exact) mass is 414 g/mol. The minimum atomic E-state index is -0.168. The highest BCUT2D eigenvalue weighted by molar-refractivity contribution is 5.62. The molecule has 0 atom stereocenters. The number of hydrogen-bond acceptors (Lipinski definition) is 7. The number of pyridine rings is 1. The topological polar surface area (TPSA) is 84.5 Å². The van der Waals surface area contributed by atoms with Crippen LogP contribution in [0.15, 0.2) is 47.7 Å². The summed E-state index contributed by atoms with van der Waals surface area (Å²) >= 11 is 0. The van der Waals surface area contributed by atoms with Gasteiger partial charge in [-0.05, 0) is 36.6 Å². The lowest BCUT2D eigenvalue weighted by Gasteiger charge is -2.32. The van der Waals surface area contributed by atoms with Gasteiger partial charge in [-0.2, -0.15) is 9.61 Å². The number of aryl methyl sites for hydroxylation is 2. The minimum Gasteiger partial charge on any atom is -0.350 e. The average molecular weight is 414 g/mol. The van der Waals surface area contributed by atoms with Crippen molar-refractivity contribution in [2.75, 3.05) is 22.9 Å². The van der Waals surface area contributed by atoms with Crippen LogP contribution in [0, 0.1) is 6.92 Å². The summed E-state index contributed by atoms with van der Waals surface area (Å²) in [6.45, 7) is 5.38. The quantitative estimate of drug-likeness (QED) is 0.497. The summed E-state index contributed by atoms with van der Waals surface area (Å²) < 4.78 is 3.44. The Bertz CT molecular complexity index is 1360. The van der Waals surface area contributed by atoms with E-state index < -0.39 is 0 Å². The highest BCUT2D eigenvalue weighted by Crippen LogP contribution is 2.31. The maximum Gasteiger partial charge on any atom is 0.274 e. The Labute approximate surface area is 178 Å². The molecule has 0 fully saturated rings. The highest BCUT2D eigenvalue weighted by atomic mass is 16.1. The molecule has 4 aromatic rings. The third-order valence-corrected chi connectivity index (χ3v) is 6.11. The van der Waals surface area contributed by atoms with Crippen molar-refractivity contribution in [2.24, 2.45) is 0 Å². The van der Waals surface area contributed by atoms with E-state index in [2.05, 4.69) is 37.1 Å². The normalized spacial score (nSPS) is 15.8. The third kappa shape index (κ3) is 2.96. The van der Waals surface area contributed by atoms with E-state index in [1.165, 1.54) is 22.3 Å². The van der Waals surface area contributed by atoms with E-state index in [9.17, 15) is 4.79 Å². The first-order chi connectivity index (χ1) is 15.2. The second kappa shape index (κ2) is 6.90. The van der Waals surface area contributed by atoms with Crippen LogP contribution in [-0.4, -0.2) is 42.5 Å². The molecule has 156 valence electrons. The molecule has 2 aliphatic heterocycles. The first kappa shape index (κ1) is 18.1. The standard InChI is InChI=1S/C22H22N8O/c1-15-11-19(26-30-21(31)4-6-23-22(15)30)27-10-5-18-16(14-27)12-17(13-24-18)28-8-2-9-29-20(28)3-7-25-29/h3-4,6-7,11-13H,2,5,8-10,14H2,1H3. The van der Waals surface area contributed by atoms with Crippen LogP contribution < -0.4 is 15.4 Å². The van der Waals surface area contributed by atoms with Gasteiger partial charge in [-0.1, -0.05) is 0 Å². The molecular formula is C22H22N8O. The molecule has 9 nitrogen and oxygen atoms in total. The fourth-order valence-corrected chi connectivity index (χ4v) is 4.55. The van der Waals surface area contributed by atoms with Crippen LogP contribution in [0.25, 0.3) is 5.65 Å². The van der Waals surface area contributed by atoms with Gasteiger partial charge in [0.1, 0.15) is 11.6 Å². The number of fused-ring (bicyclic) bond motifs is 3. The Kier molecular flexibility index (Phi) is 4.02. The van der Waals surface area contributed by atoms with Gasteiger partial charge in [-0.3, -0.25) is 9.78 Å². The molecule has 0 saturated heterocycles. The van der Waals surface area contributed by atoms with Gasteiger partial charge >= 0.3 is 0 Å². The second-order valence-electron chi connectivity index (χ2n) is 8.09. The zero-order valence-corrected chi connectivity index (χ0v) is 17.3. The molecule has 2 aliphatic rings. The fourth-order valence-electron chi connectivity index (χ4n) is 4.55. The van der Waals surface area contributed by atoms with E-state index in [0.717, 1.165) is 61.1 Å². The predicted molar refractivity (Wildman–Crippen MR) is 117 cm³/mol. The molecule has 0 N–H and O–H groups in total. The average Bonchev–Trinajstić information content (AvgIpc) is 3.28. The molecule has 0 amide bonds. The maximum atomic E-state index is 12.3. The molecular weight excluding hydrogens is 392 g/mol. The molecule has 31 heavy (non-hydrogen) atoms. The van der Waals surface area contributed by atoms with Gasteiger partial charge in [0, 0.05) is 56.6 Å². The zero-order chi connectivity index (χ0) is 20.9. The molecule has 0 spiro atoms. The molecule has 0 aromatic carbocycles. The molecule has 0 unspecified atom stereocenters. The highest BCUT2D eigenvalue weighted by Gasteiger charge is 2.23. The van der Waals surface area contributed by atoms with Gasteiger partial charge in [-0.15, -0.1) is 5.10 Å². The van der Waals surface area contributed by atoms with Gasteiger partial charge in [-0.25, -0.2) is 9.67 Å². The van der Waals surface area contributed by atoms with E-state index in [1.807, 2.05) is 30.1 Å². The summed E-state index contributed by atoms with van der Waals surface area (Å²) in [6.07, 6.45) is 7.25. The van der Waals surface area contributed by atoms with E-state index in [1.54, 1.807) is 0 Å².